The van der Waals surface area contributed by atoms with Gasteiger partial charge in [-0.1, -0.05) is 18.3 Å². The van der Waals surface area contributed by atoms with Crippen LogP contribution in [0.3, 0.4) is 0 Å². The van der Waals surface area contributed by atoms with Crippen molar-refractivity contribution in [1.29, 1.82) is 0 Å². The summed E-state index contributed by atoms with van der Waals surface area (Å²) in [5.74, 6) is -1.28. The molecule has 5 N–H and O–H groups in total. The van der Waals surface area contributed by atoms with E-state index in [1.807, 2.05) is 6.07 Å². The van der Waals surface area contributed by atoms with Gasteiger partial charge in [0.25, 0.3) is 5.91 Å². The number of nitrogens with two attached hydrogens (primary N) is 2. The molecule has 0 radical (unpaired) electrons. The number of amides is 1. The lowest BCUT2D eigenvalue weighted by atomic mass is 9.76. The van der Waals surface area contributed by atoms with Crippen LogP contribution in [0.1, 0.15) is 72.5 Å². The third kappa shape index (κ3) is 5.51. The Balaban J connectivity index is 1.39. The maximum absolute atomic E-state index is 15.1. The molecule has 3 aromatic rings. The van der Waals surface area contributed by atoms with Crippen molar-refractivity contribution in [2.24, 2.45) is 11.7 Å². The fourth-order valence-electron chi connectivity index (χ4n) is 5.62. The van der Waals surface area contributed by atoms with Crippen LogP contribution >= 0.6 is 11.3 Å². The number of hydrogen-bond donors (Lipinski definition) is 3. The molecule has 2 aromatic heterocycles. The number of carbonyl (C=O) groups is 1. The van der Waals surface area contributed by atoms with Gasteiger partial charge in [0.2, 0.25) is 0 Å². The Bertz CT molecular complexity index is 1260. The molecule has 3 atom stereocenters. The van der Waals surface area contributed by atoms with Crippen LogP contribution in [0.2, 0.25) is 0 Å². The van der Waals surface area contributed by atoms with Crippen LogP contribution in [0.4, 0.5) is 19.5 Å². The second-order valence-corrected chi connectivity index (χ2v) is 11.2. The van der Waals surface area contributed by atoms with Gasteiger partial charge in [0.15, 0.2) is 5.69 Å². The number of pyridine rings is 1. The molecule has 3 heterocycles. The number of carbonyl (C=O) groups excluding carboxylic acids is 1. The molecule has 1 aliphatic carbocycles. The van der Waals surface area contributed by atoms with E-state index in [9.17, 15) is 4.79 Å². The SMILES string of the molecule is CC1CC(N)CC(c2ccncc2NC(=O)c2nc(-c3c(F)cc(C4CCOCC4)cc3F)sc2N)C1. The molecule has 1 aliphatic heterocycles. The number of benzene rings is 1. The van der Waals surface area contributed by atoms with E-state index in [1.165, 1.54) is 12.1 Å². The zero-order chi connectivity index (χ0) is 26.1. The topological polar surface area (TPSA) is 116 Å². The van der Waals surface area contributed by atoms with Crippen LogP contribution in [0, 0.1) is 17.6 Å². The minimum Gasteiger partial charge on any atom is -0.389 e. The number of nitrogens with zero attached hydrogens (tertiary/aromatic N) is 2. The summed E-state index contributed by atoms with van der Waals surface area (Å²) >= 11 is 0.883. The highest BCUT2D eigenvalue weighted by Gasteiger charge is 2.29. The zero-order valence-corrected chi connectivity index (χ0v) is 21.5. The molecule has 0 bridgehead atoms. The molecule has 3 unspecified atom stereocenters. The average molecular weight is 528 g/mol. The predicted molar refractivity (Wildman–Crippen MR) is 141 cm³/mol. The number of halogens is 2. The summed E-state index contributed by atoms with van der Waals surface area (Å²) in [7, 11) is 0. The largest absolute Gasteiger partial charge is 0.389 e. The van der Waals surface area contributed by atoms with Gasteiger partial charge in [0, 0.05) is 25.5 Å². The summed E-state index contributed by atoms with van der Waals surface area (Å²) in [5, 5.41) is 2.97. The summed E-state index contributed by atoms with van der Waals surface area (Å²) in [6.45, 7) is 3.32. The van der Waals surface area contributed by atoms with Crippen molar-refractivity contribution in [1.82, 2.24) is 9.97 Å². The molecular formula is C27H31F2N5O2S. The van der Waals surface area contributed by atoms with E-state index in [4.69, 9.17) is 16.2 Å². The Morgan fingerprint density at radius 2 is 1.86 bits per heavy atom. The van der Waals surface area contributed by atoms with E-state index >= 15 is 8.78 Å². The van der Waals surface area contributed by atoms with Crippen molar-refractivity contribution in [3.63, 3.8) is 0 Å². The lowest BCUT2D eigenvalue weighted by Gasteiger charge is -2.32. The van der Waals surface area contributed by atoms with Crippen LogP contribution < -0.4 is 16.8 Å². The first-order chi connectivity index (χ1) is 17.8. The number of nitrogens with one attached hydrogen (secondary N) is 1. The van der Waals surface area contributed by atoms with Crippen LogP contribution in [0.25, 0.3) is 10.6 Å². The van der Waals surface area contributed by atoms with E-state index in [0.717, 1.165) is 49.0 Å². The molecule has 2 aliphatic rings. The van der Waals surface area contributed by atoms with Gasteiger partial charge in [-0.25, -0.2) is 13.8 Å². The number of rotatable bonds is 5. The normalized spacial score (nSPS) is 22.6. The third-order valence-electron chi connectivity index (χ3n) is 7.36. The van der Waals surface area contributed by atoms with Gasteiger partial charge in [-0.05, 0) is 79.2 Å². The van der Waals surface area contributed by atoms with Crippen molar-refractivity contribution in [3.05, 3.63) is 59.0 Å². The fourth-order valence-corrected chi connectivity index (χ4v) is 6.50. The maximum Gasteiger partial charge on any atom is 0.277 e. The Morgan fingerprint density at radius 3 is 2.57 bits per heavy atom. The van der Waals surface area contributed by atoms with E-state index in [0.29, 0.717) is 30.4 Å². The minimum atomic E-state index is -0.723. The van der Waals surface area contributed by atoms with E-state index < -0.39 is 17.5 Å². The Kier molecular flexibility index (Phi) is 7.50. The molecule has 10 heteroatoms. The Labute approximate surface area is 218 Å². The zero-order valence-electron chi connectivity index (χ0n) is 20.7. The highest BCUT2D eigenvalue weighted by Crippen LogP contribution is 2.39. The number of nitrogen functional groups attached to an aromatic ring is 1. The molecule has 1 amide bonds. The van der Waals surface area contributed by atoms with E-state index in [-0.39, 0.29) is 39.1 Å². The molecule has 196 valence electrons. The maximum atomic E-state index is 15.1. The van der Waals surface area contributed by atoms with Gasteiger partial charge >= 0.3 is 0 Å². The molecule has 1 saturated carbocycles. The molecule has 1 aromatic carbocycles. The molecule has 5 rings (SSSR count). The van der Waals surface area contributed by atoms with Crippen molar-refractivity contribution in [2.45, 2.75) is 56.9 Å². The molecule has 37 heavy (non-hydrogen) atoms. The highest BCUT2D eigenvalue weighted by molar-refractivity contribution is 7.19. The first kappa shape index (κ1) is 25.7. The van der Waals surface area contributed by atoms with Gasteiger partial charge in [-0.3, -0.25) is 9.78 Å². The van der Waals surface area contributed by atoms with Crippen LogP contribution in [-0.4, -0.2) is 35.1 Å². The number of anilines is 2. The van der Waals surface area contributed by atoms with E-state index in [1.54, 1.807) is 12.4 Å². The first-order valence-electron chi connectivity index (χ1n) is 12.6. The Morgan fingerprint density at radius 1 is 1.14 bits per heavy atom. The lowest BCUT2D eigenvalue weighted by Crippen LogP contribution is -2.31. The van der Waals surface area contributed by atoms with Gasteiger partial charge in [-0.2, -0.15) is 0 Å². The highest BCUT2D eigenvalue weighted by atomic mass is 32.1. The average Bonchev–Trinajstić information content (AvgIpc) is 3.25. The first-order valence-corrected chi connectivity index (χ1v) is 13.5. The second-order valence-electron chi connectivity index (χ2n) is 10.2. The van der Waals surface area contributed by atoms with Gasteiger partial charge in [0.05, 0.1) is 17.4 Å². The van der Waals surface area contributed by atoms with Crippen molar-refractivity contribution < 1.29 is 18.3 Å². The number of aromatic nitrogens is 2. The molecule has 7 nitrogen and oxygen atoms in total. The summed E-state index contributed by atoms with van der Waals surface area (Å²) < 4.78 is 35.5. The van der Waals surface area contributed by atoms with Crippen LogP contribution in [0.5, 0.6) is 0 Å². The number of thiazole rings is 1. The summed E-state index contributed by atoms with van der Waals surface area (Å²) in [4.78, 5) is 21.6. The number of ether oxygens (including phenoxy) is 1. The van der Waals surface area contributed by atoms with Crippen molar-refractivity contribution in [2.75, 3.05) is 24.3 Å². The van der Waals surface area contributed by atoms with Gasteiger partial charge in [0.1, 0.15) is 21.6 Å². The summed E-state index contributed by atoms with van der Waals surface area (Å²) in [5.41, 5.74) is 14.1. The molecular weight excluding hydrogens is 496 g/mol. The van der Waals surface area contributed by atoms with E-state index in [2.05, 4.69) is 22.2 Å². The second kappa shape index (κ2) is 10.8. The minimum absolute atomic E-state index is 0.0228. The Hall–Kier alpha value is -2.95. The van der Waals surface area contributed by atoms with Crippen molar-refractivity contribution >= 4 is 27.9 Å². The van der Waals surface area contributed by atoms with Gasteiger partial charge in [-0.15, -0.1) is 0 Å². The van der Waals surface area contributed by atoms with Gasteiger partial charge < -0.3 is 21.5 Å². The molecule has 1 saturated heterocycles. The van der Waals surface area contributed by atoms with Crippen molar-refractivity contribution in [3.8, 4) is 10.6 Å². The lowest BCUT2D eigenvalue weighted by molar-refractivity contribution is 0.0852. The molecule has 0 spiro atoms. The number of hydrogen-bond acceptors (Lipinski definition) is 7. The quantitative estimate of drug-likeness (QED) is 0.407. The van der Waals surface area contributed by atoms with Crippen LogP contribution in [-0.2, 0) is 4.74 Å². The summed E-state index contributed by atoms with van der Waals surface area (Å²) in [6, 6.07) is 4.70. The fraction of sp³-hybridized carbons (Fsp3) is 0.444. The summed E-state index contributed by atoms with van der Waals surface area (Å²) in [6.07, 6.45) is 7.49. The monoisotopic (exact) mass is 527 g/mol. The standard InChI is InChI=1S/C27H31F2N5O2S/c1-14-8-17(10-18(30)9-14)19-2-5-32-13-22(19)33-26(35)24-25(31)37-27(34-24)23-20(28)11-16(12-21(23)29)15-3-6-36-7-4-15/h2,5,11-15,17-18H,3-4,6-10,30-31H2,1H3,(H,33,35). The predicted octanol–water partition coefficient (Wildman–Crippen LogP) is 5.44. The third-order valence-corrected chi connectivity index (χ3v) is 8.26. The molecule has 2 fully saturated rings. The van der Waals surface area contributed by atoms with Crippen LogP contribution in [0.15, 0.2) is 30.6 Å². The smallest absolute Gasteiger partial charge is 0.277 e.